The van der Waals surface area contributed by atoms with Crippen LogP contribution in [0.25, 0.3) is 6.08 Å². The van der Waals surface area contributed by atoms with E-state index in [9.17, 15) is 22.6 Å². The van der Waals surface area contributed by atoms with Gasteiger partial charge in [0.1, 0.15) is 5.82 Å². The maximum Gasteiger partial charge on any atom is 1.00 e. The molecule has 1 aromatic heterocycles. The van der Waals surface area contributed by atoms with Gasteiger partial charge >= 0.3 is 29.6 Å². The molecule has 0 saturated carbocycles. The molecule has 2 heterocycles. The number of allylic oxidation sites excluding steroid dienone is 1. The van der Waals surface area contributed by atoms with E-state index in [2.05, 4.69) is 19.3 Å². The summed E-state index contributed by atoms with van der Waals surface area (Å²) in [5.41, 5.74) is 2.35. The minimum Gasteiger partial charge on any atom is -0.726 e. The number of azo groups is 1. The van der Waals surface area contributed by atoms with Crippen molar-refractivity contribution >= 4 is 61.7 Å². The summed E-state index contributed by atoms with van der Waals surface area (Å²) in [6.45, 7) is 4.13. The van der Waals surface area contributed by atoms with E-state index in [1.807, 2.05) is 24.0 Å². The van der Waals surface area contributed by atoms with Crippen LogP contribution in [0.5, 0.6) is 0 Å². The average molecular weight is 618 g/mol. The predicted molar refractivity (Wildman–Crippen MR) is 155 cm³/mol. The number of carbonyl (C=O) groups is 2. The number of anilines is 2. The second kappa shape index (κ2) is 14.1. The quantitative estimate of drug-likeness (QED) is 0.0836. The Morgan fingerprint density at radius 3 is 2.26 bits per heavy atom. The second-order valence-electron chi connectivity index (χ2n) is 9.52. The number of fused-ring (bicyclic) bond motifs is 1. The van der Waals surface area contributed by atoms with Crippen LogP contribution in [0.4, 0.5) is 22.3 Å². The normalized spacial score (nSPS) is 15.2. The van der Waals surface area contributed by atoms with Gasteiger partial charge in [-0.05, 0) is 56.5 Å². The second-order valence-corrected chi connectivity index (χ2v) is 11.6. The van der Waals surface area contributed by atoms with Gasteiger partial charge in [-0.3, -0.25) is 13.8 Å². The predicted octanol–water partition coefficient (Wildman–Crippen LogP) is 2.32. The Labute approximate surface area is 270 Å². The SMILES string of the molecule is CCN(CCOS(=O)(=O)[O-])c1ccc(N=Nc2nc(N3CCCCC3)c(C=C3C(=O)c4ccccc4C3=O)s2)cc1.[Na+]. The topological polar surface area (TPSA) is 145 Å². The number of thiazole rings is 1. The van der Waals surface area contributed by atoms with Gasteiger partial charge in [0.2, 0.25) is 15.5 Å². The van der Waals surface area contributed by atoms with Crippen molar-refractivity contribution < 1.29 is 56.3 Å². The van der Waals surface area contributed by atoms with E-state index >= 15 is 0 Å². The summed E-state index contributed by atoms with van der Waals surface area (Å²) in [6, 6.07) is 14.0. The van der Waals surface area contributed by atoms with Gasteiger partial charge in [-0.1, -0.05) is 35.6 Å². The molecule has 0 bridgehead atoms. The Morgan fingerprint density at radius 2 is 1.67 bits per heavy atom. The number of rotatable bonds is 10. The molecule has 2 aromatic carbocycles. The number of hydrogen-bond acceptors (Lipinski definition) is 12. The Bertz CT molecular complexity index is 1580. The number of piperidine rings is 1. The zero-order chi connectivity index (χ0) is 29.0. The van der Waals surface area contributed by atoms with Crippen molar-refractivity contribution in [1.29, 1.82) is 0 Å². The third-order valence-electron chi connectivity index (χ3n) is 6.90. The van der Waals surface area contributed by atoms with Gasteiger partial charge in [-0.25, -0.2) is 8.42 Å². The first-order valence-corrected chi connectivity index (χ1v) is 15.4. The van der Waals surface area contributed by atoms with Crippen LogP contribution in [0.15, 0.2) is 64.3 Å². The van der Waals surface area contributed by atoms with E-state index in [1.54, 1.807) is 42.5 Å². The number of nitrogens with zero attached hydrogens (tertiary/aromatic N) is 5. The Balaban J connectivity index is 0.00000405. The summed E-state index contributed by atoms with van der Waals surface area (Å²) in [5, 5.41) is 9.08. The number of carbonyl (C=O) groups excluding carboxylic acids is 2. The number of aromatic nitrogens is 1. The molecule has 1 fully saturated rings. The smallest absolute Gasteiger partial charge is 0.726 e. The summed E-state index contributed by atoms with van der Waals surface area (Å²) < 4.78 is 36.4. The van der Waals surface area contributed by atoms with Crippen molar-refractivity contribution in [3.8, 4) is 0 Å². The van der Waals surface area contributed by atoms with Crippen molar-refractivity contribution in [1.82, 2.24) is 4.98 Å². The molecular weight excluding hydrogens is 589 g/mol. The van der Waals surface area contributed by atoms with Crippen LogP contribution in [0.1, 0.15) is 51.8 Å². The van der Waals surface area contributed by atoms with Gasteiger partial charge in [0.05, 0.1) is 22.7 Å². The molecule has 42 heavy (non-hydrogen) atoms. The van der Waals surface area contributed by atoms with E-state index in [-0.39, 0.29) is 59.8 Å². The van der Waals surface area contributed by atoms with Crippen molar-refractivity contribution in [3.05, 3.63) is 70.1 Å². The number of benzene rings is 2. The van der Waals surface area contributed by atoms with E-state index in [0.717, 1.165) is 38.0 Å². The van der Waals surface area contributed by atoms with E-state index in [0.29, 0.717) is 39.2 Å². The van der Waals surface area contributed by atoms with E-state index < -0.39 is 10.4 Å². The summed E-state index contributed by atoms with van der Waals surface area (Å²) in [7, 11) is -4.73. The van der Waals surface area contributed by atoms with Gasteiger partial charge in [0.25, 0.3) is 0 Å². The minimum atomic E-state index is -4.73. The maximum absolute atomic E-state index is 13.0. The summed E-state index contributed by atoms with van der Waals surface area (Å²) in [6.07, 6.45) is 4.86. The van der Waals surface area contributed by atoms with Crippen LogP contribution in [-0.4, -0.2) is 62.3 Å². The van der Waals surface area contributed by atoms with Crippen LogP contribution in [-0.2, 0) is 14.6 Å². The number of ketones is 2. The number of likely N-dealkylation sites (N-methyl/N-ethyl adjacent to an activating group) is 1. The van der Waals surface area contributed by atoms with Gasteiger partial charge < -0.3 is 14.4 Å². The molecule has 14 heteroatoms. The molecule has 0 unspecified atom stereocenters. The molecule has 0 N–H and O–H groups in total. The van der Waals surface area contributed by atoms with Gasteiger partial charge in [0, 0.05) is 43.0 Å². The van der Waals surface area contributed by atoms with Crippen LogP contribution < -0.4 is 39.4 Å². The van der Waals surface area contributed by atoms with Crippen LogP contribution >= 0.6 is 11.3 Å². The molecule has 0 radical (unpaired) electrons. The molecule has 1 aliphatic carbocycles. The first kappa shape index (κ1) is 32.1. The first-order chi connectivity index (χ1) is 19.7. The molecule has 1 saturated heterocycles. The third-order valence-corrected chi connectivity index (χ3v) is 8.23. The van der Waals surface area contributed by atoms with Crippen molar-refractivity contribution in [2.24, 2.45) is 10.2 Å². The van der Waals surface area contributed by atoms with Crippen LogP contribution in [0, 0.1) is 0 Å². The van der Waals surface area contributed by atoms with Gasteiger partial charge in [-0.2, -0.15) is 4.98 Å². The number of hydrogen-bond donors (Lipinski definition) is 0. The minimum absolute atomic E-state index is 0. The molecule has 11 nitrogen and oxygen atoms in total. The van der Waals surface area contributed by atoms with Crippen LogP contribution in [0.3, 0.4) is 0 Å². The largest absolute Gasteiger partial charge is 1.00 e. The van der Waals surface area contributed by atoms with E-state index in [1.165, 1.54) is 11.3 Å². The molecule has 0 amide bonds. The molecule has 214 valence electrons. The summed E-state index contributed by atoms with van der Waals surface area (Å²) in [4.78, 5) is 35.5. The van der Waals surface area contributed by atoms with E-state index in [4.69, 9.17) is 4.98 Å². The fourth-order valence-electron chi connectivity index (χ4n) is 4.87. The van der Waals surface area contributed by atoms with Crippen LogP contribution in [0.2, 0.25) is 0 Å². The Hall–Kier alpha value is -2.78. The summed E-state index contributed by atoms with van der Waals surface area (Å²) >= 11 is 1.27. The molecule has 0 atom stereocenters. The first-order valence-electron chi connectivity index (χ1n) is 13.3. The zero-order valence-electron chi connectivity index (χ0n) is 23.4. The third kappa shape index (κ3) is 7.59. The Kier molecular flexibility index (Phi) is 10.8. The van der Waals surface area contributed by atoms with Crippen molar-refractivity contribution in [2.45, 2.75) is 26.2 Å². The molecule has 1 aliphatic heterocycles. The average Bonchev–Trinajstić information content (AvgIpc) is 3.49. The molecular formula is C28H28N5NaO6S2. The monoisotopic (exact) mass is 617 g/mol. The molecule has 3 aromatic rings. The van der Waals surface area contributed by atoms with Crippen molar-refractivity contribution in [2.75, 3.05) is 42.6 Å². The standard InChI is InChI=1S/C28H29N5O6S2.Na/c1-2-32(16-17-39-41(36,37)38)20-12-10-19(11-13-20)30-31-28-29-27(33-14-6-3-7-15-33)24(40-28)18-23-25(34)21-8-4-5-9-22(21)26(23)35;/h4-5,8-13,18H,2-3,6-7,14-17H2,1H3,(H,36,37,38);/q;+1/p-1. The maximum atomic E-state index is 13.0. The van der Waals surface area contributed by atoms with Crippen molar-refractivity contribution in [3.63, 3.8) is 0 Å². The Morgan fingerprint density at radius 1 is 1.02 bits per heavy atom. The molecule has 0 spiro atoms. The molecule has 5 rings (SSSR count). The zero-order valence-corrected chi connectivity index (χ0v) is 27.0. The number of Topliss-reactive ketones (excluding diaryl/α,β-unsaturated/α-hetero) is 2. The molecule has 2 aliphatic rings. The van der Waals surface area contributed by atoms with Gasteiger partial charge in [-0.15, -0.1) is 10.2 Å². The summed E-state index contributed by atoms with van der Waals surface area (Å²) in [5.74, 6) is 0.132. The fraction of sp³-hybridized carbons (Fsp3) is 0.321. The van der Waals surface area contributed by atoms with Gasteiger partial charge in [0.15, 0.2) is 11.6 Å². The fourth-order valence-corrected chi connectivity index (χ4v) is 6.00.